The van der Waals surface area contributed by atoms with Gasteiger partial charge in [0.05, 0.1) is 24.7 Å². The number of ether oxygens (including phenoxy) is 1. The molecule has 2 heterocycles. The van der Waals surface area contributed by atoms with E-state index in [4.69, 9.17) is 9.15 Å². The fourth-order valence-electron chi connectivity index (χ4n) is 1.92. The molecule has 0 aliphatic carbocycles. The first-order valence-corrected chi connectivity index (χ1v) is 5.02. The summed E-state index contributed by atoms with van der Waals surface area (Å²) in [5.74, 6) is 0.186. The molecule has 1 aromatic rings. The van der Waals surface area contributed by atoms with E-state index in [1.807, 2.05) is 13.0 Å². The Morgan fingerprint density at radius 2 is 2.50 bits per heavy atom. The van der Waals surface area contributed by atoms with E-state index in [0.29, 0.717) is 26.1 Å². The monoisotopic (exact) mass is 196 g/mol. The molecule has 78 valence electrons. The van der Waals surface area contributed by atoms with Gasteiger partial charge in [-0.05, 0) is 11.6 Å². The molecule has 1 aromatic heterocycles. The van der Waals surface area contributed by atoms with Crippen molar-refractivity contribution in [3.8, 4) is 0 Å². The van der Waals surface area contributed by atoms with Crippen molar-refractivity contribution in [2.75, 3.05) is 13.2 Å². The van der Waals surface area contributed by atoms with Crippen molar-refractivity contribution in [2.24, 2.45) is 5.92 Å². The maximum atomic E-state index is 10.4. The molecule has 2 unspecified atom stereocenters. The van der Waals surface area contributed by atoms with Crippen molar-refractivity contribution in [2.45, 2.75) is 25.4 Å². The predicted octanol–water partition coefficient (Wildman–Crippen LogP) is 1.61. The van der Waals surface area contributed by atoms with Gasteiger partial charge in [0.15, 0.2) is 0 Å². The first-order chi connectivity index (χ1) is 6.71. The molecule has 1 fully saturated rings. The minimum absolute atomic E-state index is 0.186. The summed E-state index contributed by atoms with van der Waals surface area (Å²) in [5.41, 5.74) is 0.434. The fraction of sp³-hybridized carbons (Fsp3) is 0.636. The van der Waals surface area contributed by atoms with E-state index in [2.05, 4.69) is 0 Å². The second-order valence-corrected chi connectivity index (χ2v) is 4.14. The van der Waals surface area contributed by atoms with Crippen LogP contribution in [-0.4, -0.2) is 23.9 Å². The van der Waals surface area contributed by atoms with Crippen LogP contribution in [0, 0.1) is 5.92 Å². The molecule has 0 saturated carbocycles. The van der Waals surface area contributed by atoms with Crippen LogP contribution in [0.3, 0.4) is 0 Å². The minimum Gasteiger partial charge on any atom is -0.472 e. The Hall–Kier alpha value is -0.800. The average Bonchev–Trinajstić information content (AvgIpc) is 2.63. The van der Waals surface area contributed by atoms with Gasteiger partial charge in [-0.1, -0.05) is 6.92 Å². The maximum absolute atomic E-state index is 10.4. The summed E-state index contributed by atoms with van der Waals surface area (Å²) in [6, 6.07) is 1.90. The van der Waals surface area contributed by atoms with Crippen molar-refractivity contribution in [3.63, 3.8) is 0 Å². The van der Waals surface area contributed by atoms with E-state index in [1.165, 1.54) is 0 Å². The molecule has 2 rings (SSSR count). The largest absolute Gasteiger partial charge is 0.472 e. The Morgan fingerprint density at radius 1 is 1.64 bits per heavy atom. The molecule has 0 bridgehead atoms. The summed E-state index contributed by atoms with van der Waals surface area (Å²) in [6.07, 6.45) is 4.70. The molecule has 0 aromatic carbocycles. The molecule has 0 radical (unpaired) electrons. The van der Waals surface area contributed by atoms with E-state index >= 15 is 0 Å². The zero-order valence-corrected chi connectivity index (χ0v) is 8.40. The van der Waals surface area contributed by atoms with Crippen LogP contribution in [0.2, 0.25) is 0 Å². The van der Waals surface area contributed by atoms with Crippen LogP contribution in [0.1, 0.15) is 18.9 Å². The Bertz CT molecular complexity index is 281. The van der Waals surface area contributed by atoms with E-state index in [1.54, 1.807) is 12.5 Å². The second kappa shape index (κ2) is 3.75. The first kappa shape index (κ1) is 9.74. The lowest BCUT2D eigenvalue weighted by Gasteiger charge is -2.37. The molecule has 1 saturated heterocycles. The SMILES string of the molecule is CC1COCCC1(O)Cc1ccoc1. The third-order valence-corrected chi connectivity index (χ3v) is 3.05. The molecule has 14 heavy (non-hydrogen) atoms. The van der Waals surface area contributed by atoms with Gasteiger partial charge < -0.3 is 14.3 Å². The van der Waals surface area contributed by atoms with Gasteiger partial charge in [-0.25, -0.2) is 0 Å². The summed E-state index contributed by atoms with van der Waals surface area (Å²) in [6.45, 7) is 3.33. The van der Waals surface area contributed by atoms with Crippen LogP contribution in [0.15, 0.2) is 23.0 Å². The predicted molar refractivity (Wildman–Crippen MR) is 52.0 cm³/mol. The Morgan fingerprint density at radius 3 is 3.14 bits per heavy atom. The van der Waals surface area contributed by atoms with Crippen LogP contribution in [-0.2, 0) is 11.2 Å². The van der Waals surface area contributed by atoms with Crippen LogP contribution in [0.5, 0.6) is 0 Å². The number of furan rings is 1. The topological polar surface area (TPSA) is 42.6 Å². The second-order valence-electron chi connectivity index (χ2n) is 4.14. The fourth-order valence-corrected chi connectivity index (χ4v) is 1.92. The quantitative estimate of drug-likeness (QED) is 0.781. The highest BCUT2D eigenvalue weighted by atomic mass is 16.5. The van der Waals surface area contributed by atoms with Gasteiger partial charge in [0.2, 0.25) is 0 Å². The summed E-state index contributed by atoms with van der Waals surface area (Å²) in [4.78, 5) is 0. The van der Waals surface area contributed by atoms with E-state index in [-0.39, 0.29) is 5.92 Å². The average molecular weight is 196 g/mol. The van der Waals surface area contributed by atoms with Gasteiger partial charge in [-0.2, -0.15) is 0 Å². The van der Waals surface area contributed by atoms with Crippen molar-refractivity contribution >= 4 is 0 Å². The van der Waals surface area contributed by atoms with Crippen molar-refractivity contribution in [1.82, 2.24) is 0 Å². The lowest BCUT2D eigenvalue weighted by atomic mass is 9.80. The van der Waals surface area contributed by atoms with E-state index < -0.39 is 5.60 Å². The van der Waals surface area contributed by atoms with Gasteiger partial charge in [-0.3, -0.25) is 0 Å². The third-order valence-electron chi connectivity index (χ3n) is 3.05. The smallest absolute Gasteiger partial charge is 0.0935 e. The molecular weight excluding hydrogens is 180 g/mol. The first-order valence-electron chi connectivity index (χ1n) is 5.02. The third kappa shape index (κ3) is 1.83. The Balaban J connectivity index is 2.07. The zero-order chi connectivity index (χ0) is 10.0. The van der Waals surface area contributed by atoms with Gasteiger partial charge >= 0.3 is 0 Å². The van der Waals surface area contributed by atoms with E-state index in [0.717, 1.165) is 5.56 Å². The molecular formula is C11H16O3. The van der Waals surface area contributed by atoms with Crippen molar-refractivity contribution < 1.29 is 14.3 Å². The summed E-state index contributed by atoms with van der Waals surface area (Å²) < 4.78 is 10.3. The molecule has 1 N–H and O–H groups in total. The lowest BCUT2D eigenvalue weighted by molar-refractivity contribution is -0.105. The molecule has 0 amide bonds. The van der Waals surface area contributed by atoms with Crippen LogP contribution < -0.4 is 0 Å². The standard InChI is InChI=1S/C11H16O3/c1-9-7-14-5-3-11(9,12)6-10-2-4-13-8-10/h2,4,8-9,12H,3,5-7H2,1H3. The highest BCUT2D eigenvalue weighted by Gasteiger charge is 2.36. The lowest BCUT2D eigenvalue weighted by Crippen LogP contribution is -2.45. The highest BCUT2D eigenvalue weighted by Crippen LogP contribution is 2.30. The normalized spacial score (nSPS) is 33.1. The molecule has 2 atom stereocenters. The van der Waals surface area contributed by atoms with Crippen LogP contribution in [0.25, 0.3) is 0 Å². The van der Waals surface area contributed by atoms with Crippen molar-refractivity contribution in [1.29, 1.82) is 0 Å². The molecule has 3 nitrogen and oxygen atoms in total. The highest BCUT2D eigenvalue weighted by molar-refractivity contribution is 5.10. The number of aliphatic hydroxyl groups is 1. The van der Waals surface area contributed by atoms with Crippen LogP contribution in [0.4, 0.5) is 0 Å². The Labute approximate surface area is 83.7 Å². The zero-order valence-electron chi connectivity index (χ0n) is 8.40. The minimum atomic E-state index is -0.623. The maximum Gasteiger partial charge on any atom is 0.0935 e. The molecule has 1 aliphatic heterocycles. The van der Waals surface area contributed by atoms with Crippen LogP contribution >= 0.6 is 0 Å². The summed E-state index contributed by atoms with van der Waals surface area (Å²) >= 11 is 0. The summed E-state index contributed by atoms with van der Waals surface area (Å²) in [7, 11) is 0. The number of hydrogen-bond donors (Lipinski definition) is 1. The molecule has 0 spiro atoms. The van der Waals surface area contributed by atoms with Gasteiger partial charge in [0.25, 0.3) is 0 Å². The van der Waals surface area contributed by atoms with Crippen molar-refractivity contribution in [3.05, 3.63) is 24.2 Å². The van der Waals surface area contributed by atoms with E-state index in [9.17, 15) is 5.11 Å². The van der Waals surface area contributed by atoms with Gasteiger partial charge in [0, 0.05) is 25.4 Å². The summed E-state index contributed by atoms with van der Waals surface area (Å²) in [5, 5.41) is 10.4. The van der Waals surface area contributed by atoms with Gasteiger partial charge in [0.1, 0.15) is 0 Å². The Kier molecular flexibility index (Phi) is 2.61. The van der Waals surface area contributed by atoms with Gasteiger partial charge in [-0.15, -0.1) is 0 Å². The number of hydrogen-bond acceptors (Lipinski definition) is 3. The molecule has 3 heteroatoms. The number of rotatable bonds is 2. The molecule has 1 aliphatic rings.